The molecule has 0 rings (SSSR count). The topological polar surface area (TPSA) is 26.3 Å². The van der Waals surface area contributed by atoms with Gasteiger partial charge in [-0.2, -0.15) is 0 Å². The smallest absolute Gasteiger partial charge is 0.306 e. The van der Waals surface area contributed by atoms with Gasteiger partial charge < -0.3 is 4.74 Å². The summed E-state index contributed by atoms with van der Waals surface area (Å²) in [6.07, 6.45) is 2.91. The Hall–Kier alpha value is -0.500. The Morgan fingerprint density at radius 3 is 2.70 bits per heavy atom. The number of carbonyl (C=O) groups is 1. The van der Waals surface area contributed by atoms with E-state index in [9.17, 15) is 4.79 Å². The summed E-state index contributed by atoms with van der Waals surface area (Å²) >= 11 is 0. The Morgan fingerprint density at radius 1 is 1.70 bits per heavy atom. The van der Waals surface area contributed by atoms with Gasteiger partial charge in [0.25, 0.3) is 0 Å². The summed E-state index contributed by atoms with van der Waals surface area (Å²) in [7, 11) is 0. The molecule has 0 saturated carbocycles. The molecular formula is C7H13ClO2. The third-order valence-electron chi connectivity index (χ3n) is 0.816. The molecular weight excluding hydrogens is 152 g/mol. The van der Waals surface area contributed by atoms with Crippen LogP contribution >= 0.6 is 12.4 Å². The van der Waals surface area contributed by atoms with Gasteiger partial charge in [-0.15, -0.1) is 12.4 Å². The number of hydrogen-bond donors (Lipinski definition) is 0. The van der Waals surface area contributed by atoms with Crippen molar-refractivity contribution in [3.8, 4) is 0 Å². The van der Waals surface area contributed by atoms with Gasteiger partial charge in [-0.05, 0) is 6.42 Å². The predicted octanol–water partition coefficient (Wildman–Crippen LogP) is 1.94. The number of halogens is 1. The lowest BCUT2D eigenvalue weighted by atomic mass is 10.3. The van der Waals surface area contributed by atoms with E-state index < -0.39 is 0 Å². The van der Waals surface area contributed by atoms with E-state index in [-0.39, 0.29) is 18.4 Å². The monoisotopic (exact) mass is 164 g/mol. The van der Waals surface area contributed by atoms with Gasteiger partial charge in [0.2, 0.25) is 0 Å². The van der Waals surface area contributed by atoms with Crippen LogP contribution in [0.15, 0.2) is 12.7 Å². The van der Waals surface area contributed by atoms with Crippen LogP contribution < -0.4 is 0 Å². The molecule has 0 atom stereocenters. The molecule has 0 radical (unpaired) electrons. The fourth-order valence-electron chi connectivity index (χ4n) is 0.428. The Bertz CT molecular complexity index is 102. The van der Waals surface area contributed by atoms with E-state index in [0.29, 0.717) is 13.0 Å². The zero-order valence-corrected chi connectivity index (χ0v) is 6.95. The highest BCUT2D eigenvalue weighted by Gasteiger charge is 1.96. The SMILES string of the molecule is C=CCOC(=O)CCC.Cl. The minimum atomic E-state index is -0.141. The molecule has 2 nitrogen and oxygen atoms in total. The molecule has 0 N–H and O–H groups in total. The third-order valence-corrected chi connectivity index (χ3v) is 0.816. The Kier molecular flexibility index (Phi) is 10.4. The molecule has 0 aliphatic carbocycles. The van der Waals surface area contributed by atoms with E-state index in [1.54, 1.807) is 6.08 Å². The van der Waals surface area contributed by atoms with Gasteiger partial charge >= 0.3 is 5.97 Å². The van der Waals surface area contributed by atoms with Crippen LogP contribution in [0, 0.1) is 0 Å². The maximum absolute atomic E-state index is 10.5. The molecule has 0 saturated heterocycles. The normalized spacial score (nSPS) is 7.70. The van der Waals surface area contributed by atoms with Crippen LogP contribution in [-0.4, -0.2) is 12.6 Å². The van der Waals surface area contributed by atoms with Gasteiger partial charge in [0.1, 0.15) is 6.61 Å². The van der Waals surface area contributed by atoms with Crippen LogP contribution in [0.1, 0.15) is 19.8 Å². The first kappa shape index (κ1) is 12.2. The highest BCUT2D eigenvalue weighted by molar-refractivity contribution is 5.85. The van der Waals surface area contributed by atoms with Gasteiger partial charge in [-0.25, -0.2) is 0 Å². The summed E-state index contributed by atoms with van der Waals surface area (Å²) in [4.78, 5) is 10.5. The molecule has 0 fully saturated rings. The molecule has 0 aliphatic heterocycles. The molecule has 0 aromatic carbocycles. The average Bonchev–Trinajstić information content (AvgIpc) is 1.85. The van der Waals surface area contributed by atoms with Crippen molar-refractivity contribution >= 4 is 18.4 Å². The molecule has 0 bridgehead atoms. The minimum absolute atomic E-state index is 0. The second kappa shape index (κ2) is 8.50. The number of ether oxygens (including phenoxy) is 1. The Labute approximate surface area is 67.7 Å². The zero-order valence-electron chi connectivity index (χ0n) is 6.13. The summed E-state index contributed by atoms with van der Waals surface area (Å²) in [5.74, 6) is -0.141. The molecule has 0 unspecified atom stereocenters. The number of rotatable bonds is 4. The van der Waals surface area contributed by atoms with E-state index in [4.69, 9.17) is 0 Å². The van der Waals surface area contributed by atoms with E-state index in [2.05, 4.69) is 11.3 Å². The van der Waals surface area contributed by atoms with Crippen LogP contribution in [0.3, 0.4) is 0 Å². The van der Waals surface area contributed by atoms with Crippen molar-refractivity contribution in [1.82, 2.24) is 0 Å². The van der Waals surface area contributed by atoms with E-state index in [1.165, 1.54) is 0 Å². The first-order valence-electron chi connectivity index (χ1n) is 3.07. The number of carbonyl (C=O) groups excluding carboxylic acids is 1. The Morgan fingerprint density at radius 2 is 2.30 bits per heavy atom. The average molecular weight is 165 g/mol. The van der Waals surface area contributed by atoms with Crippen molar-refractivity contribution in [2.75, 3.05) is 6.61 Å². The first-order chi connectivity index (χ1) is 4.31. The second-order valence-corrected chi connectivity index (χ2v) is 1.72. The van der Waals surface area contributed by atoms with Gasteiger partial charge in [0, 0.05) is 6.42 Å². The maximum Gasteiger partial charge on any atom is 0.306 e. The maximum atomic E-state index is 10.5. The van der Waals surface area contributed by atoms with Crippen LogP contribution in [0.25, 0.3) is 0 Å². The molecule has 0 aromatic rings. The molecule has 0 aliphatic rings. The van der Waals surface area contributed by atoms with Gasteiger partial charge in [-0.3, -0.25) is 4.79 Å². The highest BCUT2D eigenvalue weighted by Crippen LogP contribution is 1.89. The van der Waals surface area contributed by atoms with Crippen molar-refractivity contribution in [3.05, 3.63) is 12.7 Å². The van der Waals surface area contributed by atoms with Crippen LogP contribution in [-0.2, 0) is 9.53 Å². The quantitative estimate of drug-likeness (QED) is 0.469. The zero-order chi connectivity index (χ0) is 7.11. The van der Waals surface area contributed by atoms with Crippen LogP contribution in [0.2, 0.25) is 0 Å². The van der Waals surface area contributed by atoms with Gasteiger partial charge in [0.15, 0.2) is 0 Å². The van der Waals surface area contributed by atoms with Crippen molar-refractivity contribution in [2.45, 2.75) is 19.8 Å². The van der Waals surface area contributed by atoms with Crippen molar-refractivity contribution in [1.29, 1.82) is 0 Å². The molecule has 3 heteroatoms. The molecule has 0 amide bonds. The second-order valence-electron chi connectivity index (χ2n) is 1.72. The summed E-state index contributed by atoms with van der Waals surface area (Å²) < 4.78 is 4.67. The lowest BCUT2D eigenvalue weighted by Crippen LogP contribution is -2.02. The molecule has 0 heterocycles. The van der Waals surface area contributed by atoms with Crippen molar-refractivity contribution < 1.29 is 9.53 Å². The lowest BCUT2D eigenvalue weighted by molar-refractivity contribution is -0.142. The van der Waals surface area contributed by atoms with Crippen LogP contribution in [0.4, 0.5) is 0 Å². The third kappa shape index (κ3) is 7.50. The van der Waals surface area contributed by atoms with E-state index >= 15 is 0 Å². The van der Waals surface area contributed by atoms with Gasteiger partial charge in [-0.1, -0.05) is 19.6 Å². The highest BCUT2D eigenvalue weighted by atomic mass is 35.5. The standard InChI is InChI=1S/C7H12O2.ClH/c1-3-5-7(8)9-6-4-2;/h4H,2-3,5-6H2,1H3;1H. The molecule has 0 spiro atoms. The summed E-state index contributed by atoms with van der Waals surface area (Å²) in [5.41, 5.74) is 0. The summed E-state index contributed by atoms with van der Waals surface area (Å²) in [5, 5.41) is 0. The van der Waals surface area contributed by atoms with E-state index in [0.717, 1.165) is 6.42 Å². The molecule has 60 valence electrons. The predicted molar refractivity (Wildman–Crippen MR) is 43.3 cm³/mol. The summed E-state index contributed by atoms with van der Waals surface area (Å²) in [6.45, 7) is 5.69. The van der Waals surface area contributed by atoms with Crippen molar-refractivity contribution in [2.24, 2.45) is 0 Å². The molecule has 0 aromatic heterocycles. The van der Waals surface area contributed by atoms with Crippen molar-refractivity contribution in [3.63, 3.8) is 0 Å². The first-order valence-corrected chi connectivity index (χ1v) is 3.07. The fraction of sp³-hybridized carbons (Fsp3) is 0.571. The van der Waals surface area contributed by atoms with Crippen LogP contribution in [0.5, 0.6) is 0 Å². The fourth-order valence-corrected chi connectivity index (χ4v) is 0.428. The number of esters is 1. The lowest BCUT2D eigenvalue weighted by Gasteiger charge is -1.97. The largest absolute Gasteiger partial charge is 0.461 e. The number of hydrogen-bond acceptors (Lipinski definition) is 2. The minimum Gasteiger partial charge on any atom is -0.461 e. The summed E-state index contributed by atoms with van der Waals surface area (Å²) in [6, 6.07) is 0. The van der Waals surface area contributed by atoms with Gasteiger partial charge in [0.05, 0.1) is 0 Å². The molecule has 10 heavy (non-hydrogen) atoms. The Balaban J connectivity index is 0. The van der Waals surface area contributed by atoms with E-state index in [1.807, 2.05) is 6.92 Å².